The Morgan fingerprint density at radius 2 is 1.68 bits per heavy atom. The van der Waals surface area contributed by atoms with Crippen molar-refractivity contribution in [1.82, 2.24) is 9.80 Å². The fraction of sp³-hybridized carbons (Fsp3) is 0.611. The Balaban J connectivity index is 1.73. The number of aliphatic hydroxyl groups is 1. The molecule has 0 saturated carbocycles. The largest absolute Gasteiger partial charge is 0.416 e. The second kappa shape index (κ2) is 7.90. The number of aliphatic hydroxyl groups excluding tert-OH is 1. The lowest BCUT2D eigenvalue weighted by molar-refractivity contribution is -0.137. The number of rotatable bonds is 2. The Kier molecular flexibility index (Phi) is 5.90. The third kappa shape index (κ3) is 4.78. The molecule has 2 heterocycles. The summed E-state index contributed by atoms with van der Waals surface area (Å²) in [5.41, 5.74) is -0.0431. The summed E-state index contributed by atoms with van der Waals surface area (Å²) in [6.45, 7) is 0.799. The van der Waals surface area contributed by atoms with Gasteiger partial charge in [-0.3, -0.25) is 0 Å². The van der Waals surface area contributed by atoms with Crippen LogP contribution in [0.5, 0.6) is 0 Å². The van der Waals surface area contributed by atoms with Crippen LogP contribution in [0.4, 0.5) is 18.0 Å². The first-order chi connectivity index (χ1) is 13.1. The van der Waals surface area contributed by atoms with Crippen LogP contribution >= 0.6 is 0 Å². The van der Waals surface area contributed by atoms with Gasteiger partial charge in [0, 0.05) is 44.6 Å². The molecule has 0 aliphatic carbocycles. The van der Waals surface area contributed by atoms with Crippen LogP contribution in [0.2, 0.25) is 0 Å². The maximum atomic E-state index is 12.8. The second-order valence-electron chi connectivity index (χ2n) is 7.43. The molecule has 2 amide bonds. The van der Waals surface area contributed by atoms with Gasteiger partial charge in [-0.05, 0) is 24.1 Å². The number of nitrogens with zero attached hydrogens (tertiary/aromatic N) is 2. The number of hydrogen-bond donors (Lipinski definition) is 1. The van der Waals surface area contributed by atoms with Gasteiger partial charge < -0.3 is 14.9 Å². The van der Waals surface area contributed by atoms with E-state index in [1.54, 1.807) is 4.90 Å². The van der Waals surface area contributed by atoms with E-state index in [1.807, 2.05) is 0 Å². The number of likely N-dealkylation sites (tertiary alicyclic amines) is 1. The van der Waals surface area contributed by atoms with Crippen LogP contribution in [0.25, 0.3) is 0 Å². The summed E-state index contributed by atoms with van der Waals surface area (Å²) in [7, 11) is -3.11. The van der Waals surface area contributed by atoms with Crippen molar-refractivity contribution in [3.05, 3.63) is 35.4 Å². The van der Waals surface area contributed by atoms with Gasteiger partial charge >= 0.3 is 12.2 Å². The molecule has 2 fully saturated rings. The molecular formula is C18H23F3N2O4S. The molecule has 2 unspecified atom stereocenters. The standard InChI is InChI=1S/C18H23F3N2O4S/c19-18(20,21)16-3-1-14(2-4-16)15-9-13(12-24)10-23(11-15)17(25)22-5-7-28(26,27)8-6-22/h1-4,13,15,24H,5-12H2. The van der Waals surface area contributed by atoms with Crippen molar-refractivity contribution in [2.75, 3.05) is 44.3 Å². The van der Waals surface area contributed by atoms with E-state index in [9.17, 15) is 31.5 Å². The molecule has 1 aromatic carbocycles. The number of urea groups is 1. The zero-order valence-corrected chi connectivity index (χ0v) is 16.0. The number of piperidine rings is 1. The van der Waals surface area contributed by atoms with Gasteiger partial charge in [0.2, 0.25) is 0 Å². The summed E-state index contributed by atoms with van der Waals surface area (Å²) >= 11 is 0. The number of halogens is 3. The Hall–Kier alpha value is -1.81. The number of carbonyl (C=O) groups excluding carboxylic acids is 1. The van der Waals surface area contributed by atoms with Crippen molar-refractivity contribution in [3.8, 4) is 0 Å². The van der Waals surface area contributed by atoms with Gasteiger partial charge in [-0.25, -0.2) is 13.2 Å². The summed E-state index contributed by atoms with van der Waals surface area (Å²) in [6, 6.07) is 4.61. The van der Waals surface area contributed by atoms with Crippen molar-refractivity contribution < 1.29 is 31.5 Å². The normalized spacial score (nSPS) is 25.6. The lowest BCUT2D eigenvalue weighted by atomic mass is 9.84. The molecular weight excluding hydrogens is 397 g/mol. The summed E-state index contributed by atoms with van der Waals surface area (Å²) in [5, 5.41) is 9.61. The molecule has 156 valence electrons. The zero-order valence-electron chi connectivity index (χ0n) is 15.2. The van der Waals surface area contributed by atoms with Crippen LogP contribution in [-0.2, 0) is 16.0 Å². The van der Waals surface area contributed by atoms with Crippen LogP contribution in [0.15, 0.2) is 24.3 Å². The van der Waals surface area contributed by atoms with Crippen LogP contribution in [0.1, 0.15) is 23.5 Å². The number of alkyl halides is 3. The topological polar surface area (TPSA) is 77.9 Å². The van der Waals surface area contributed by atoms with Gasteiger partial charge in [-0.15, -0.1) is 0 Å². The predicted octanol–water partition coefficient (Wildman–Crippen LogP) is 1.95. The van der Waals surface area contributed by atoms with Crippen LogP contribution < -0.4 is 0 Å². The minimum Gasteiger partial charge on any atom is -0.396 e. The zero-order chi connectivity index (χ0) is 20.5. The van der Waals surface area contributed by atoms with E-state index in [4.69, 9.17) is 0 Å². The SMILES string of the molecule is O=C(N1CCS(=O)(=O)CC1)N1CC(CO)CC(c2ccc(C(F)(F)F)cc2)C1. The van der Waals surface area contributed by atoms with Crippen LogP contribution in [0, 0.1) is 5.92 Å². The van der Waals surface area contributed by atoms with E-state index >= 15 is 0 Å². The number of carbonyl (C=O) groups is 1. The van der Waals surface area contributed by atoms with Gasteiger partial charge in [0.1, 0.15) is 0 Å². The first-order valence-corrected chi connectivity index (χ1v) is 10.9. The summed E-state index contributed by atoms with van der Waals surface area (Å²) < 4.78 is 61.4. The molecule has 2 saturated heterocycles. The third-order valence-corrected chi connectivity index (χ3v) is 7.00. The molecule has 1 N–H and O–H groups in total. The molecule has 0 aromatic heterocycles. The molecule has 6 nitrogen and oxygen atoms in total. The summed E-state index contributed by atoms with van der Waals surface area (Å²) in [4.78, 5) is 15.9. The lowest BCUT2D eigenvalue weighted by Gasteiger charge is -2.40. The number of amides is 2. The molecule has 0 radical (unpaired) electrons. The summed E-state index contributed by atoms with van der Waals surface area (Å²) in [5.74, 6) is -0.513. The molecule has 2 atom stereocenters. The Morgan fingerprint density at radius 1 is 1.07 bits per heavy atom. The van der Waals surface area contributed by atoms with E-state index in [0.717, 1.165) is 12.1 Å². The molecule has 3 rings (SSSR count). The van der Waals surface area contributed by atoms with Crippen LogP contribution in [-0.4, -0.2) is 73.6 Å². The fourth-order valence-corrected chi connectivity index (χ4v) is 4.98. The minimum atomic E-state index is -4.41. The second-order valence-corrected chi connectivity index (χ2v) is 9.73. The Bertz CT molecular complexity index is 797. The molecule has 1 aromatic rings. The van der Waals surface area contributed by atoms with E-state index in [2.05, 4.69) is 0 Å². The molecule has 28 heavy (non-hydrogen) atoms. The number of sulfone groups is 1. The lowest BCUT2D eigenvalue weighted by Crippen LogP contribution is -2.53. The van der Waals surface area contributed by atoms with Gasteiger partial charge in [0.25, 0.3) is 0 Å². The molecule has 2 aliphatic heterocycles. The fourth-order valence-electron chi connectivity index (χ4n) is 3.78. The third-order valence-electron chi connectivity index (χ3n) is 5.39. The maximum absolute atomic E-state index is 12.8. The van der Waals surface area contributed by atoms with Gasteiger partial charge in [0.05, 0.1) is 17.1 Å². The molecule has 2 aliphatic rings. The first kappa shape index (κ1) is 20.9. The average molecular weight is 420 g/mol. The van der Waals surface area contributed by atoms with Gasteiger partial charge in [-0.2, -0.15) is 13.2 Å². The molecule has 0 bridgehead atoms. The monoisotopic (exact) mass is 420 g/mol. The van der Waals surface area contributed by atoms with Crippen molar-refractivity contribution in [3.63, 3.8) is 0 Å². The predicted molar refractivity (Wildman–Crippen MR) is 96.6 cm³/mol. The van der Waals surface area contributed by atoms with E-state index < -0.39 is 21.6 Å². The smallest absolute Gasteiger partial charge is 0.396 e. The average Bonchev–Trinajstić information content (AvgIpc) is 2.66. The van der Waals surface area contributed by atoms with Crippen molar-refractivity contribution >= 4 is 15.9 Å². The maximum Gasteiger partial charge on any atom is 0.416 e. The highest BCUT2D eigenvalue weighted by atomic mass is 32.2. The Labute approximate surface area is 161 Å². The highest BCUT2D eigenvalue weighted by Crippen LogP contribution is 2.34. The van der Waals surface area contributed by atoms with E-state index in [0.29, 0.717) is 25.1 Å². The quantitative estimate of drug-likeness (QED) is 0.794. The highest BCUT2D eigenvalue weighted by molar-refractivity contribution is 7.91. The van der Waals surface area contributed by atoms with Crippen molar-refractivity contribution in [2.24, 2.45) is 5.92 Å². The molecule has 0 spiro atoms. The summed E-state index contributed by atoms with van der Waals surface area (Å²) in [6.07, 6.45) is -3.84. The molecule has 10 heteroatoms. The highest BCUT2D eigenvalue weighted by Gasteiger charge is 2.35. The minimum absolute atomic E-state index is 0.0711. The van der Waals surface area contributed by atoms with Crippen LogP contribution in [0.3, 0.4) is 0 Å². The van der Waals surface area contributed by atoms with E-state index in [-0.39, 0.29) is 49.1 Å². The number of benzene rings is 1. The number of hydrogen-bond acceptors (Lipinski definition) is 4. The van der Waals surface area contributed by atoms with Crippen molar-refractivity contribution in [1.29, 1.82) is 0 Å². The van der Waals surface area contributed by atoms with Gasteiger partial charge in [0.15, 0.2) is 9.84 Å². The van der Waals surface area contributed by atoms with Gasteiger partial charge in [-0.1, -0.05) is 12.1 Å². The van der Waals surface area contributed by atoms with Crippen molar-refractivity contribution in [2.45, 2.75) is 18.5 Å². The van der Waals surface area contributed by atoms with E-state index in [1.165, 1.54) is 17.0 Å². The first-order valence-electron chi connectivity index (χ1n) is 9.11. The Morgan fingerprint density at radius 3 is 2.21 bits per heavy atom.